The summed E-state index contributed by atoms with van der Waals surface area (Å²) in [5, 5.41) is 2.83. The van der Waals surface area contributed by atoms with Gasteiger partial charge in [0.05, 0.1) is 12.1 Å². The monoisotopic (exact) mass is 422 g/mol. The number of halogens is 1. The van der Waals surface area contributed by atoms with Crippen LogP contribution in [0.15, 0.2) is 53.9 Å². The first-order valence-corrected chi connectivity index (χ1v) is 10.5. The predicted molar refractivity (Wildman–Crippen MR) is 111 cm³/mol. The number of benzene rings is 2. The quantitative estimate of drug-likeness (QED) is 0.608. The highest BCUT2D eigenvalue weighted by molar-refractivity contribution is 7.89. The molecule has 0 radical (unpaired) electrons. The minimum absolute atomic E-state index is 0.0395. The number of amides is 1. The number of hydrogen-bond acceptors (Lipinski definition) is 4. The smallest absolute Gasteiger partial charge is 0.251 e. The number of aryl methyl sites for hydroxylation is 1. The van der Waals surface area contributed by atoms with Gasteiger partial charge in [0.1, 0.15) is 10.6 Å². The van der Waals surface area contributed by atoms with Crippen molar-refractivity contribution in [1.82, 2.24) is 10.0 Å². The van der Waals surface area contributed by atoms with Crippen LogP contribution in [0.1, 0.15) is 21.5 Å². The molecule has 2 aromatic carbocycles. The fraction of sp³-hybridized carbons (Fsp3) is 0.250. The average molecular weight is 423 g/mol. The Bertz CT molecular complexity index is 974. The lowest BCUT2D eigenvalue weighted by Crippen LogP contribution is -2.27. The number of methoxy groups -OCH3 is 1. The fourth-order valence-electron chi connectivity index (χ4n) is 2.61. The normalized spacial score (nSPS) is 11.1. The molecule has 0 aromatic heterocycles. The summed E-state index contributed by atoms with van der Waals surface area (Å²) < 4.78 is 32.3. The summed E-state index contributed by atoms with van der Waals surface area (Å²) in [6, 6.07) is 9.98. The minimum atomic E-state index is -3.84. The number of rotatable bonds is 9. The Morgan fingerprint density at radius 2 is 2.00 bits per heavy atom. The van der Waals surface area contributed by atoms with E-state index < -0.39 is 10.0 Å². The van der Waals surface area contributed by atoms with Gasteiger partial charge in [-0.2, -0.15) is 0 Å². The van der Waals surface area contributed by atoms with Crippen molar-refractivity contribution in [2.45, 2.75) is 18.2 Å². The van der Waals surface area contributed by atoms with E-state index in [1.165, 1.54) is 24.3 Å². The van der Waals surface area contributed by atoms with Crippen LogP contribution in [0.4, 0.5) is 0 Å². The fourth-order valence-corrected chi connectivity index (χ4v) is 4.13. The van der Waals surface area contributed by atoms with Crippen LogP contribution in [0, 0.1) is 6.92 Å². The third kappa shape index (κ3) is 5.58. The van der Waals surface area contributed by atoms with Crippen LogP contribution in [0.5, 0.6) is 5.75 Å². The van der Waals surface area contributed by atoms with Crippen LogP contribution >= 0.6 is 11.6 Å². The van der Waals surface area contributed by atoms with E-state index in [1.807, 2.05) is 25.1 Å². The summed E-state index contributed by atoms with van der Waals surface area (Å²) in [5.41, 5.74) is 2.29. The first-order valence-electron chi connectivity index (χ1n) is 8.60. The second-order valence-corrected chi connectivity index (χ2v) is 8.25. The zero-order valence-corrected chi connectivity index (χ0v) is 17.4. The Balaban J connectivity index is 2.10. The highest BCUT2D eigenvalue weighted by atomic mass is 35.5. The Morgan fingerprint density at radius 1 is 1.25 bits per heavy atom. The molecule has 6 nitrogen and oxygen atoms in total. The van der Waals surface area contributed by atoms with Gasteiger partial charge >= 0.3 is 0 Å². The van der Waals surface area contributed by atoms with E-state index in [1.54, 1.807) is 7.11 Å². The number of carbonyl (C=O) groups excluding carboxylic acids is 1. The largest absolute Gasteiger partial charge is 0.496 e. The van der Waals surface area contributed by atoms with Gasteiger partial charge < -0.3 is 10.1 Å². The maximum atomic E-state index is 12.4. The Morgan fingerprint density at radius 3 is 2.68 bits per heavy atom. The van der Waals surface area contributed by atoms with Crippen LogP contribution in [-0.2, 0) is 16.4 Å². The zero-order valence-electron chi connectivity index (χ0n) is 15.8. The molecule has 150 valence electrons. The van der Waals surface area contributed by atoms with Crippen molar-refractivity contribution in [3.8, 4) is 5.75 Å². The Labute approximate surface area is 170 Å². The van der Waals surface area contributed by atoms with Crippen LogP contribution in [-0.4, -0.2) is 34.5 Å². The minimum Gasteiger partial charge on any atom is -0.496 e. The molecular weight excluding hydrogens is 400 g/mol. The summed E-state index contributed by atoms with van der Waals surface area (Å²) in [4.78, 5) is 12.3. The summed E-state index contributed by atoms with van der Waals surface area (Å²) in [6.07, 6.45) is 2.00. The van der Waals surface area contributed by atoms with E-state index in [4.69, 9.17) is 16.3 Å². The molecule has 0 fully saturated rings. The van der Waals surface area contributed by atoms with Crippen molar-refractivity contribution in [3.63, 3.8) is 0 Å². The van der Waals surface area contributed by atoms with E-state index in [0.29, 0.717) is 13.0 Å². The van der Waals surface area contributed by atoms with Crippen molar-refractivity contribution in [2.75, 3.05) is 20.2 Å². The molecule has 0 spiro atoms. The van der Waals surface area contributed by atoms with E-state index in [-0.39, 0.29) is 27.9 Å². The second-order valence-electron chi connectivity index (χ2n) is 6.11. The average Bonchev–Trinajstić information content (AvgIpc) is 2.66. The summed E-state index contributed by atoms with van der Waals surface area (Å²) >= 11 is 6.01. The van der Waals surface area contributed by atoms with Crippen LogP contribution in [0.2, 0.25) is 5.02 Å². The third-order valence-electron chi connectivity index (χ3n) is 4.02. The maximum Gasteiger partial charge on any atom is 0.251 e. The molecule has 0 aliphatic carbocycles. The standard InChI is InChI=1S/C20H23ClN2O4S/c1-4-10-23-28(25,26)19-13-16(6-7-17(19)21)20(24)22-11-9-15-12-14(2)5-8-18(15)27-3/h4-8,12-13,23H,1,9-11H2,2-3H3,(H,22,24). The highest BCUT2D eigenvalue weighted by Gasteiger charge is 2.19. The topological polar surface area (TPSA) is 84.5 Å². The van der Waals surface area contributed by atoms with Gasteiger partial charge in [0.2, 0.25) is 10.0 Å². The molecule has 8 heteroatoms. The van der Waals surface area contributed by atoms with E-state index in [0.717, 1.165) is 16.9 Å². The van der Waals surface area contributed by atoms with Gasteiger partial charge in [0, 0.05) is 18.7 Å². The molecule has 0 aliphatic rings. The van der Waals surface area contributed by atoms with Gasteiger partial charge in [0.25, 0.3) is 5.91 Å². The van der Waals surface area contributed by atoms with Crippen LogP contribution in [0.25, 0.3) is 0 Å². The number of ether oxygens (including phenoxy) is 1. The lowest BCUT2D eigenvalue weighted by atomic mass is 10.1. The summed E-state index contributed by atoms with van der Waals surface area (Å²) in [7, 11) is -2.24. The maximum absolute atomic E-state index is 12.4. The molecule has 0 atom stereocenters. The van der Waals surface area contributed by atoms with E-state index in [9.17, 15) is 13.2 Å². The lowest BCUT2D eigenvalue weighted by Gasteiger charge is -2.11. The van der Waals surface area contributed by atoms with Crippen molar-refractivity contribution in [2.24, 2.45) is 0 Å². The third-order valence-corrected chi connectivity index (χ3v) is 5.92. The Hall–Kier alpha value is -2.35. The molecule has 0 saturated carbocycles. The SMILES string of the molecule is C=CCNS(=O)(=O)c1cc(C(=O)NCCc2cc(C)ccc2OC)ccc1Cl. The summed E-state index contributed by atoms with van der Waals surface area (Å²) in [5.74, 6) is 0.372. The molecule has 2 rings (SSSR count). The molecule has 0 heterocycles. The molecule has 0 bridgehead atoms. The first kappa shape index (κ1) is 21.9. The molecule has 1 amide bonds. The van der Waals surface area contributed by atoms with Gasteiger partial charge in [-0.3, -0.25) is 4.79 Å². The predicted octanol–water partition coefficient (Wildman–Crippen LogP) is 3.09. The van der Waals surface area contributed by atoms with Gasteiger partial charge in [0.15, 0.2) is 0 Å². The van der Waals surface area contributed by atoms with Gasteiger partial charge in [-0.05, 0) is 43.2 Å². The molecule has 0 saturated heterocycles. The first-order chi connectivity index (χ1) is 13.3. The Kier molecular flexibility index (Phi) is 7.62. The number of sulfonamides is 1. The van der Waals surface area contributed by atoms with Gasteiger partial charge in [-0.1, -0.05) is 35.4 Å². The number of nitrogens with one attached hydrogen (secondary N) is 2. The van der Waals surface area contributed by atoms with Crippen molar-refractivity contribution in [1.29, 1.82) is 0 Å². The molecule has 2 N–H and O–H groups in total. The molecular formula is C20H23ClN2O4S. The second kappa shape index (κ2) is 9.73. The molecule has 2 aromatic rings. The molecule has 0 aliphatic heterocycles. The van der Waals surface area contributed by atoms with Gasteiger partial charge in [-0.15, -0.1) is 6.58 Å². The molecule has 0 unspecified atom stereocenters. The zero-order chi connectivity index (χ0) is 20.7. The van der Waals surface area contributed by atoms with Crippen molar-refractivity contribution in [3.05, 3.63) is 70.8 Å². The van der Waals surface area contributed by atoms with Gasteiger partial charge in [-0.25, -0.2) is 13.1 Å². The van der Waals surface area contributed by atoms with Crippen LogP contribution < -0.4 is 14.8 Å². The van der Waals surface area contributed by atoms with Crippen molar-refractivity contribution < 1.29 is 17.9 Å². The van der Waals surface area contributed by atoms with E-state index in [2.05, 4.69) is 16.6 Å². The highest BCUT2D eigenvalue weighted by Crippen LogP contribution is 2.23. The summed E-state index contributed by atoms with van der Waals surface area (Å²) in [6.45, 7) is 5.89. The number of carbonyl (C=O) groups is 1. The van der Waals surface area contributed by atoms with Crippen molar-refractivity contribution >= 4 is 27.5 Å². The van der Waals surface area contributed by atoms with E-state index >= 15 is 0 Å². The lowest BCUT2D eigenvalue weighted by molar-refractivity contribution is 0.0954. The van der Waals surface area contributed by atoms with Crippen LogP contribution in [0.3, 0.4) is 0 Å². The molecule has 28 heavy (non-hydrogen) atoms. The number of hydrogen-bond donors (Lipinski definition) is 2.